The Morgan fingerprint density at radius 3 is 2.61 bits per heavy atom. The van der Waals surface area contributed by atoms with E-state index in [4.69, 9.17) is 5.53 Å². The predicted octanol–water partition coefficient (Wildman–Crippen LogP) is 3.28. The van der Waals surface area contributed by atoms with Crippen LogP contribution in [-0.4, -0.2) is 10.9 Å². The van der Waals surface area contributed by atoms with E-state index < -0.39 is 0 Å². The molecule has 1 heterocycles. The first-order valence-corrected chi connectivity index (χ1v) is 5.17. The van der Waals surface area contributed by atoms with Crippen LogP contribution in [0.3, 0.4) is 0 Å². The van der Waals surface area contributed by atoms with E-state index >= 15 is 0 Å². The van der Waals surface area contributed by atoms with E-state index in [0.717, 1.165) is 0 Å². The molecule has 2 aromatic rings. The third-order valence-electron chi connectivity index (χ3n) is 2.20. The Morgan fingerprint density at radius 2 is 2.00 bits per heavy atom. The molecular formula is C12H9N5O. The molecule has 0 radical (unpaired) electrons. The molecule has 0 bridgehead atoms. The topological polar surface area (TPSA) is 90.8 Å². The van der Waals surface area contributed by atoms with Crippen LogP contribution in [0.1, 0.15) is 10.4 Å². The summed E-state index contributed by atoms with van der Waals surface area (Å²) < 4.78 is 0. The second kappa shape index (κ2) is 5.47. The van der Waals surface area contributed by atoms with Crippen molar-refractivity contribution in [2.24, 2.45) is 5.11 Å². The van der Waals surface area contributed by atoms with Crippen LogP contribution in [0.5, 0.6) is 0 Å². The van der Waals surface area contributed by atoms with E-state index in [1.165, 1.54) is 0 Å². The maximum atomic E-state index is 11.8. The van der Waals surface area contributed by atoms with Gasteiger partial charge >= 0.3 is 0 Å². The minimum absolute atomic E-state index is 0.263. The summed E-state index contributed by atoms with van der Waals surface area (Å²) in [5.41, 5.74) is 9.20. The summed E-state index contributed by atoms with van der Waals surface area (Å²) in [6, 6.07) is 11.6. The molecule has 0 aliphatic rings. The lowest BCUT2D eigenvalue weighted by atomic mass is 10.2. The summed E-state index contributed by atoms with van der Waals surface area (Å²) in [6.45, 7) is 0. The third-order valence-corrected chi connectivity index (χ3v) is 2.20. The van der Waals surface area contributed by atoms with E-state index in [9.17, 15) is 4.79 Å². The molecule has 0 fully saturated rings. The lowest BCUT2D eigenvalue weighted by molar-refractivity contribution is 0.102. The van der Waals surface area contributed by atoms with Gasteiger partial charge < -0.3 is 5.32 Å². The van der Waals surface area contributed by atoms with Gasteiger partial charge in [0.05, 0.1) is 0 Å². The lowest BCUT2D eigenvalue weighted by Gasteiger charge is -2.03. The van der Waals surface area contributed by atoms with Crippen LogP contribution in [0.25, 0.3) is 10.4 Å². The fourth-order valence-electron chi connectivity index (χ4n) is 1.36. The summed E-state index contributed by atoms with van der Waals surface area (Å²) in [7, 11) is 0. The van der Waals surface area contributed by atoms with Gasteiger partial charge in [-0.25, -0.2) is 4.98 Å². The molecule has 2 rings (SSSR count). The number of pyridine rings is 1. The number of azide groups is 1. The Labute approximate surface area is 103 Å². The van der Waals surface area contributed by atoms with Crippen LogP contribution >= 0.6 is 0 Å². The fraction of sp³-hybridized carbons (Fsp3) is 0. The van der Waals surface area contributed by atoms with Gasteiger partial charge in [0, 0.05) is 22.4 Å². The number of hydrogen-bond acceptors (Lipinski definition) is 3. The maximum absolute atomic E-state index is 11.8. The quantitative estimate of drug-likeness (QED) is 0.505. The standard InChI is InChI=1S/C12H9N5O/c13-17-16-10-6-4-9(5-7-10)12(18)15-11-3-1-2-8-14-11/h1-8H,(H,14,15,18). The van der Waals surface area contributed by atoms with Crippen molar-refractivity contribution in [2.45, 2.75) is 0 Å². The van der Waals surface area contributed by atoms with Crippen molar-refractivity contribution >= 4 is 17.4 Å². The number of nitrogens with one attached hydrogen (secondary N) is 1. The second-order valence-corrected chi connectivity index (χ2v) is 3.41. The van der Waals surface area contributed by atoms with Crippen LogP contribution in [0.4, 0.5) is 11.5 Å². The SMILES string of the molecule is [N-]=[N+]=Nc1ccc(C(=O)Nc2ccccn2)cc1. The summed E-state index contributed by atoms with van der Waals surface area (Å²) in [5, 5.41) is 6.08. The van der Waals surface area contributed by atoms with E-state index in [-0.39, 0.29) is 5.91 Å². The minimum Gasteiger partial charge on any atom is -0.307 e. The van der Waals surface area contributed by atoms with Gasteiger partial charge in [-0.1, -0.05) is 23.3 Å². The highest BCUT2D eigenvalue weighted by Crippen LogP contribution is 2.14. The molecule has 18 heavy (non-hydrogen) atoms. The van der Waals surface area contributed by atoms with Gasteiger partial charge in [0.15, 0.2) is 0 Å². The number of nitrogens with zero attached hydrogens (tertiary/aromatic N) is 4. The number of aromatic nitrogens is 1. The third kappa shape index (κ3) is 2.84. The molecule has 0 atom stereocenters. The molecule has 1 aromatic heterocycles. The molecule has 6 heteroatoms. The number of anilines is 1. The summed E-state index contributed by atoms with van der Waals surface area (Å²) >= 11 is 0. The molecule has 1 N–H and O–H groups in total. The number of rotatable bonds is 3. The van der Waals surface area contributed by atoms with Gasteiger partial charge in [-0.3, -0.25) is 4.79 Å². The Hall–Kier alpha value is -2.85. The fourth-order valence-corrected chi connectivity index (χ4v) is 1.36. The first-order valence-electron chi connectivity index (χ1n) is 5.17. The van der Waals surface area contributed by atoms with E-state index in [2.05, 4.69) is 20.3 Å². The molecule has 1 aromatic carbocycles. The van der Waals surface area contributed by atoms with Crippen molar-refractivity contribution < 1.29 is 4.79 Å². The van der Waals surface area contributed by atoms with Gasteiger partial charge in [-0.15, -0.1) is 0 Å². The Kier molecular flexibility index (Phi) is 3.53. The van der Waals surface area contributed by atoms with Crippen molar-refractivity contribution in [3.8, 4) is 0 Å². The molecule has 6 nitrogen and oxygen atoms in total. The maximum Gasteiger partial charge on any atom is 0.256 e. The largest absolute Gasteiger partial charge is 0.307 e. The van der Waals surface area contributed by atoms with E-state index in [1.54, 1.807) is 48.7 Å². The van der Waals surface area contributed by atoms with Crippen LogP contribution < -0.4 is 5.32 Å². The summed E-state index contributed by atoms with van der Waals surface area (Å²) in [5.74, 6) is 0.225. The van der Waals surface area contributed by atoms with E-state index in [1.807, 2.05) is 0 Å². The van der Waals surface area contributed by atoms with Crippen molar-refractivity contribution in [3.63, 3.8) is 0 Å². The zero-order valence-corrected chi connectivity index (χ0v) is 9.32. The summed E-state index contributed by atoms with van der Waals surface area (Å²) in [4.78, 5) is 18.5. The predicted molar refractivity (Wildman–Crippen MR) is 67.4 cm³/mol. The Morgan fingerprint density at radius 1 is 1.22 bits per heavy atom. The molecule has 0 aliphatic heterocycles. The van der Waals surface area contributed by atoms with Gasteiger partial charge in [-0.05, 0) is 29.8 Å². The van der Waals surface area contributed by atoms with Crippen molar-refractivity contribution in [1.29, 1.82) is 0 Å². The zero-order valence-electron chi connectivity index (χ0n) is 9.32. The van der Waals surface area contributed by atoms with E-state index in [0.29, 0.717) is 17.1 Å². The number of amides is 1. The van der Waals surface area contributed by atoms with Crippen LogP contribution in [0.15, 0.2) is 53.8 Å². The highest BCUT2D eigenvalue weighted by Gasteiger charge is 2.05. The van der Waals surface area contributed by atoms with Crippen LogP contribution in [0.2, 0.25) is 0 Å². The summed E-state index contributed by atoms with van der Waals surface area (Å²) in [6.07, 6.45) is 1.60. The first kappa shape index (κ1) is 11.6. The molecule has 0 saturated heterocycles. The normalized spacial score (nSPS) is 9.33. The van der Waals surface area contributed by atoms with Gasteiger partial charge in [0.2, 0.25) is 0 Å². The first-order chi connectivity index (χ1) is 8.79. The van der Waals surface area contributed by atoms with Crippen molar-refractivity contribution in [1.82, 2.24) is 4.98 Å². The molecule has 0 aliphatic carbocycles. The number of hydrogen-bond donors (Lipinski definition) is 1. The molecule has 88 valence electrons. The van der Waals surface area contributed by atoms with Gasteiger partial charge in [0.25, 0.3) is 5.91 Å². The van der Waals surface area contributed by atoms with Crippen LogP contribution in [0, 0.1) is 0 Å². The highest BCUT2D eigenvalue weighted by molar-refractivity contribution is 6.03. The zero-order chi connectivity index (χ0) is 12.8. The Balaban J connectivity index is 2.12. The van der Waals surface area contributed by atoms with Crippen LogP contribution in [-0.2, 0) is 0 Å². The average Bonchev–Trinajstić information content (AvgIpc) is 2.41. The Bertz CT molecular complexity index is 588. The molecule has 0 saturated carbocycles. The number of benzene rings is 1. The smallest absolute Gasteiger partial charge is 0.256 e. The van der Waals surface area contributed by atoms with Gasteiger partial charge in [0.1, 0.15) is 5.82 Å². The van der Waals surface area contributed by atoms with Crippen molar-refractivity contribution in [3.05, 3.63) is 64.7 Å². The van der Waals surface area contributed by atoms with Crippen molar-refractivity contribution in [2.75, 3.05) is 5.32 Å². The molecule has 1 amide bonds. The lowest BCUT2D eigenvalue weighted by Crippen LogP contribution is -2.12. The molecule has 0 spiro atoms. The highest BCUT2D eigenvalue weighted by atomic mass is 16.1. The number of carbonyl (C=O) groups excluding carboxylic acids is 1. The molecule has 0 unspecified atom stereocenters. The van der Waals surface area contributed by atoms with Gasteiger partial charge in [-0.2, -0.15) is 0 Å². The number of carbonyl (C=O) groups is 1. The average molecular weight is 239 g/mol. The second-order valence-electron chi connectivity index (χ2n) is 3.41. The monoisotopic (exact) mass is 239 g/mol. The minimum atomic E-state index is -0.263. The molecular weight excluding hydrogens is 230 g/mol.